The molecule has 3 rings (SSSR count). The van der Waals surface area contributed by atoms with Crippen molar-refractivity contribution in [3.05, 3.63) is 23.3 Å². The van der Waals surface area contributed by atoms with Crippen molar-refractivity contribution >= 4 is 21.9 Å². The fourth-order valence-corrected chi connectivity index (χ4v) is 7.39. The van der Waals surface area contributed by atoms with Gasteiger partial charge in [-0.1, -0.05) is 0 Å². The van der Waals surface area contributed by atoms with Gasteiger partial charge in [-0.3, -0.25) is 9.59 Å². The minimum atomic E-state index is -3.94. The molecule has 1 atom stereocenters. The van der Waals surface area contributed by atoms with Crippen molar-refractivity contribution in [3.8, 4) is 5.75 Å². The number of rotatable bonds is 11. The predicted molar refractivity (Wildman–Crippen MR) is 147 cm³/mol. The minimum absolute atomic E-state index is 0.0537. The summed E-state index contributed by atoms with van der Waals surface area (Å²) in [5.74, 6) is 0.695. The molecule has 214 valence electrons. The maximum absolute atomic E-state index is 13.1. The van der Waals surface area contributed by atoms with E-state index in [0.717, 1.165) is 23.1 Å². The van der Waals surface area contributed by atoms with Gasteiger partial charge in [0.1, 0.15) is 12.3 Å². The third-order valence-electron chi connectivity index (χ3n) is 8.34. The van der Waals surface area contributed by atoms with E-state index in [1.807, 2.05) is 0 Å². The monoisotopic (exact) mass is 551 g/mol. The number of esters is 1. The zero-order valence-electron chi connectivity index (χ0n) is 23.9. The summed E-state index contributed by atoms with van der Waals surface area (Å²) in [6.45, 7) is 8.20. The van der Waals surface area contributed by atoms with Crippen LogP contribution in [0.25, 0.3) is 0 Å². The number of nitrogens with zero attached hydrogens (tertiary/aromatic N) is 3. The maximum atomic E-state index is 13.1. The Kier molecular flexibility index (Phi) is 10.6. The Hall–Kier alpha value is -2.17. The quantitative estimate of drug-likeness (QED) is 0.390. The van der Waals surface area contributed by atoms with Gasteiger partial charge in [-0.25, -0.2) is 8.42 Å². The highest BCUT2D eigenvalue weighted by atomic mass is 32.2. The van der Waals surface area contributed by atoms with Crippen molar-refractivity contribution in [2.45, 2.75) is 70.2 Å². The fourth-order valence-electron chi connectivity index (χ4n) is 5.87. The summed E-state index contributed by atoms with van der Waals surface area (Å²) in [5.41, 5.74) is 1.05. The van der Waals surface area contributed by atoms with Gasteiger partial charge in [-0.05, 0) is 107 Å². The second kappa shape index (κ2) is 13.3. The second-order valence-corrected chi connectivity index (χ2v) is 13.0. The van der Waals surface area contributed by atoms with Crippen LogP contribution in [0, 0.1) is 25.7 Å². The lowest BCUT2D eigenvalue weighted by Crippen LogP contribution is -2.44. The number of ether oxygens (including phenoxy) is 2. The first-order valence-electron chi connectivity index (χ1n) is 13.7. The Morgan fingerprint density at radius 2 is 1.63 bits per heavy atom. The number of aryl methyl sites for hydroxylation is 2. The molecule has 2 aliphatic rings. The van der Waals surface area contributed by atoms with E-state index in [-0.39, 0.29) is 16.8 Å². The molecule has 2 fully saturated rings. The van der Waals surface area contributed by atoms with Crippen LogP contribution < -0.4 is 4.74 Å². The lowest BCUT2D eigenvalue weighted by atomic mass is 9.78. The Balaban J connectivity index is 1.46. The molecule has 0 bridgehead atoms. The van der Waals surface area contributed by atoms with Crippen LogP contribution in [-0.2, 0) is 24.3 Å². The maximum Gasteiger partial charge on any atom is 0.321 e. The number of methoxy groups -OCH3 is 1. The number of hydrogen-bond acceptors (Lipinski definition) is 7. The van der Waals surface area contributed by atoms with Gasteiger partial charge >= 0.3 is 5.97 Å². The Morgan fingerprint density at radius 1 is 1.05 bits per heavy atom. The van der Waals surface area contributed by atoms with Gasteiger partial charge in [-0.2, -0.15) is 4.31 Å². The number of benzene rings is 1. The van der Waals surface area contributed by atoms with Crippen LogP contribution in [0.1, 0.15) is 56.6 Å². The molecule has 1 unspecified atom stereocenters. The number of carbonyl (C=O) groups excluding carboxylic acids is 2. The third kappa shape index (κ3) is 7.48. The van der Waals surface area contributed by atoms with Gasteiger partial charge in [0.05, 0.1) is 12.0 Å². The molecule has 0 spiro atoms. The van der Waals surface area contributed by atoms with Crippen molar-refractivity contribution in [3.63, 3.8) is 0 Å². The van der Waals surface area contributed by atoms with Gasteiger partial charge in [0.15, 0.2) is 6.61 Å². The molecule has 0 aromatic heterocycles. The average molecular weight is 552 g/mol. The van der Waals surface area contributed by atoms with E-state index >= 15 is 0 Å². The summed E-state index contributed by atoms with van der Waals surface area (Å²) < 4.78 is 37.6. The molecule has 38 heavy (non-hydrogen) atoms. The molecule has 1 aliphatic carbocycles. The van der Waals surface area contributed by atoms with Crippen LogP contribution in [0.15, 0.2) is 17.0 Å². The Morgan fingerprint density at radius 3 is 2.18 bits per heavy atom. The van der Waals surface area contributed by atoms with Crippen molar-refractivity contribution in [2.75, 3.05) is 54.0 Å². The summed E-state index contributed by atoms with van der Waals surface area (Å²) in [7, 11) is 0.664. The van der Waals surface area contributed by atoms with Crippen LogP contribution in [0.2, 0.25) is 0 Å². The van der Waals surface area contributed by atoms with Gasteiger partial charge in [0, 0.05) is 26.7 Å². The van der Waals surface area contributed by atoms with Gasteiger partial charge in [0.2, 0.25) is 10.0 Å². The highest BCUT2D eigenvalue weighted by Gasteiger charge is 2.31. The zero-order valence-corrected chi connectivity index (χ0v) is 24.7. The third-order valence-corrected chi connectivity index (χ3v) is 10.4. The smallest absolute Gasteiger partial charge is 0.321 e. The van der Waals surface area contributed by atoms with Crippen LogP contribution in [-0.4, -0.2) is 94.4 Å². The molecule has 0 radical (unpaired) electrons. The summed E-state index contributed by atoms with van der Waals surface area (Å²) in [4.78, 5) is 29.6. The van der Waals surface area contributed by atoms with E-state index in [1.54, 1.807) is 37.9 Å². The average Bonchev–Trinajstić information content (AvgIpc) is 3.39. The molecule has 1 saturated heterocycles. The highest BCUT2D eigenvalue weighted by Crippen LogP contribution is 2.33. The number of likely N-dealkylation sites (N-methyl/N-ethyl adjacent to an activating group) is 2. The predicted octanol–water partition coefficient (Wildman–Crippen LogP) is 3.22. The molecular formula is C28H45N3O6S. The first-order valence-corrected chi connectivity index (χ1v) is 15.1. The molecule has 1 saturated carbocycles. The molecule has 1 amide bonds. The highest BCUT2D eigenvalue weighted by molar-refractivity contribution is 7.89. The largest absolute Gasteiger partial charge is 0.497 e. The molecule has 1 aromatic carbocycles. The van der Waals surface area contributed by atoms with E-state index in [2.05, 4.69) is 11.8 Å². The summed E-state index contributed by atoms with van der Waals surface area (Å²) in [5, 5.41) is 0. The second-order valence-electron chi connectivity index (χ2n) is 11.0. The molecule has 10 heteroatoms. The molecular weight excluding hydrogens is 506 g/mol. The topological polar surface area (TPSA) is 96.5 Å². The molecule has 9 nitrogen and oxygen atoms in total. The van der Waals surface area contributed by atoms with Gasteiger partial charge < -0.3 is 19.3 Å². The van der Waals surface area contributed by atoms with Crippen LogP contribution in [0.4, 0.5) is 0 Å². The molecule has 1 aromatic rings. The van der Waals surface area contributed by atoms with Crippen LogP contribution in [0.5, 0.6) is 5.75 Å². The minimum Gasteiger partial charge on any atom is -0.497 e. The number of likely N-dealkylation sites (tertiary alicyclic amines) is 1. The van der Waals surface area contributed by atoms with Crippen molar-refractivity contribution in [1.82, 2.24) is 14.1 Å². The standard InChI is InChI=1S/C28H45N3O6S/c1-20-15-25(36-6)16-21(2)28(20)38(34,35)29(4)18-27(33)37-19-26(32)30(5)22(3)24-11-9-23(10-12-24)17-31-13-7-8-14-31/h15-16,22-24H,7-14,17-19H2,1-6H3/t22?,23-,24-. The Bertz CT molecular complexity index is 1060. The van der Waals surface area contributed by atoms with E-state index in [1.165, 1.54) is 59.5 Å². The number of carbonyl (C=O) groups is 2. The lowest BCUT2D eigenvalue weighted by Gasteiger charge is -2.37. The fraction of sp³-hybridized carbons (Fsp3) is 0.714. The molecule has 1 aliphatic heterocycles. The normalized spacial score (nSPS) is 21.3. The van der Waals surface area contributed by atoms with Gasteiger partial charge in [0.25, 0.3) is 5.91 Å². The number of amides is 1. The summed E-state index contributed by atoms with van der Waals surface area (Å²) >= 11 is 0. The first kappa shape index (κ1) is 30.4. The van der Waals surface area contributed by atoms with Crippen molar-refractivity contribution in [2.24, 2.45) is 11.8 Å². The number of sulfonamides is 1. The first-order chi connectivity index (χ1) is 17.9. The van der Waals surface area contributed by atoms with Crippen LogP contribution in [0.3, 0.4) is 0 Å². The van der Waals surface area contributed by atoms with E-state index < -0.39 is 29.1 Å². The molecule has 0 N–H and O–H groups in total. The van der Waals surface area contributed by atoms with Gasteiger partial charge in [-0.15, -0.1) is 0 Å². The van der Waals surface area contributed by atoms with E-state index in [4.69, 9.17) is 9.47 Å². The Labute approximate surface area is 228 Å². The SMILES string of the molecule is COc1cc(C)c(S(=O)(=O)N(C)CC(=O)OCC(=O)N(C)C(C)[C@H]2CC[C@H](CN3CCCC3)CC2)c(C)c1. The summed E-state index contributed by atoms with van der Waals surface area (Å²) in [6, 6.07) is 3.33. The van der Waals surface area contributed by atoms with E-state index in [9.17, 15) is 18.0 Å². The molecule has 1 heterocycles. The van der Waals surface area contributed by atoms with Crippen LogP contribution >= 0.6 is 0 Å². The lowest BCUT2D eigenvalue weighted by molar-refractivity contribution is -0.152. The van der Waals surface area contributed by atoms with Crippen molar-refractivity contribution in [1.29, 1.82) is 0 Å². The zero-order chi connectivity index (χ0) is 28.0. The summed E-state index contributed by atoms with van der Waals surface area (Å²) in [6.07, 6.45) is 7.22. The van der Waals surface area contributed by atoms with Crippen molar-refractivity contribution < 1.29 is 27.5 Å². The van der Waals surface area contributed by atoms with E-state index in [0.29, 0.717) is 22.8 Å². The number of hydrogen-bond donors (Lipinski definition) is 0.